The van der Waals surface area contributed by atoms with E-state index >= 15 is 0 Å². The Morgan fingerprint density at radius 1 is 1.32 bits per heavy atom. The van der Waals surface area contributed by atoms with Crippen molar-refractivity contribution >= 4 is 29.3 Å². The third-order valence-electron chi connectivity index (χ3n) is 6.09. The molecule has 1 amide bonds. The Labute approximate surface area is 179 Å². The number of piperidine rings is 1. The standard InChI is InChI=1S/C23H33ClN2OS/c1-16(2)21(25-13-17-10-12-28-14-17)22(27)26-11-9-20(23(3,4)15-26)18-5-7-19(24)8-6-18/h5-8,14,16,20-21,25H,9-13,15H2,1-4H3/t20-,21-/m1/s1. The summed E-state index contributed by atoms with van der Waals surface area (Å²) in [5.41, 5.74) is 2.78. The Morgan fingerprint density at radius 3 is 2.61 bits per heavy atom. The van der Waals surface area contributed by atoms with Crippen LogP contribution in [-0.2, 0) is 4.79 Å². The zero-order chi connectivity index (χ0) is 20.3. The molecule has 154 valence electrons. The van der Waals surface area contributed by atoms with Gasteiger partial charge in [-0.15, -0.1) is 11.8 Å². The van der Waals surface area contributed by atoms with Gasteiger partial charge in [-0.3, -0.25) is 4.79 Å². The first-order valence-corrected chi connectivity index (χ1v) is 11.8. The van der Waals surface area contributed by atoms with E-state index in [0.717, 1.165) is 37.5 Å². The van der Waals surface area contributed by atoms with Crippen LogP contribution in [0.15, 0.2) is 35.2 Å². The van der Waals surface area contributed by atoms with E-state index < -0.39 is 0 Å². The highest BCUT2D eigenvalue weighted by atomic mass is 35.5. The largest absolute Gasteiger partial charge is 0.341 e. The van der Waals surface area contributed by atoms with Crippen molar-refractivity contribution in [1.29, 1.82) is 0 Å². The van der Waals surface area contributed by atoms with Crippen LogP contribution < -0.4 is 5.32 Å². The third kappa shape index (κ3) is 5.14. The molecule has 28 heavy (non-hydrogen) atoms. The summed E-state index contributed by atoms with van der Waals surface area (Å²) in [5.74, 6) is 2.15. The lowest BCUT2D eigenvalue weighted by molar-refractivity contribution is -0.138. The summed E-state index contributed by atoms with van der Waals surface area (Å²) in [7, 11) is 0. The van der Waals surface area contributed by atoms with E-state index in [0.29, 0.717) is 5.92 Å². The number of thioether (sulfide) groups is 1. The quantitative estimate of drug-likeness (QED) is 0.676. The van der Waals surface area contributed by atoms with Crippen molar-refractivity contribution in [1.82, 2.24) is 10.2 Å². The fourth-order valence-corrected chi connectivity index (χ4v) is 5.52. The summed E-state index contributed by atoms with van der Waals surface area (Å²) in [4.78, 5) is 15.4. The van der Waals surface area contributed by atoms with Crippen molar-refractivity contribution in [2.45, 2.75) is 52.5 Å². The number of nitrogens with one attached hydrogen (secondary N) is 1. The molecule has 1 N–H and O–H groups in total. The summed E-state index contributed by atoms with van der Waals surface area (Å²) in [6, 6.07) is 8.10. The first kappa shape index (κ1) is 21.7. The molecule has 0 radical (unpaired) electrons. The Morgan fingerprint density at radius 2 is 2.04 bits per heavy atom. The molecule has 2 heterocycles. The maximum atomic E-state index is 13.3. The van der Waals surface area contributed by atoms with Crippen LogP contribution in [0.25, 0.3) is 0 Å². The predicted octanol–water partition coefficient (Wildman–Crippen LogP) is 5.32. The van der Waals surface area contributed by atoms with Crippen LogP contribution in [0.1, 0.15) is 52.0 Å². The molecule has 1 aromatic carbocycles. The van der Waals surface area contributed by atoms with E-state index in [-0.39, 0.29) is 23.3 Å². The lowest BCUT2D eigenvalue weighted by Crippen LogP contribution is -2.55. The number of benzene rings is 1. The molecule has 2 aliphatic heterocycles. The Bertz CT molecular complexity index is 714. The van der Waals surface area contributed by atoms with E-state index in [1.165, 1.54) is 16.9 Å². The summed E-state index contributed by atoms with van der Waals surface area (Å²) in [5, 5.41) is 6.57. The second-order valence-electron chi connectivity index (χ2n) is 9.14. The highest BCUT2D eigenvalue weighted by Crippen LogP contribution is 2.42. The van der Waals surface area contributed by atoms with Gasteiger partial charge < -0.3 is 10.2 Å². The molecule has 3 rings (SSSR count). The van der Waals surface area contributed by atoms with Crippen LogP contribution in [-0.4, -0.2) is 42.2 Å². The number of amides is 1. The highest BCUT2D eigenvalue weighted by Gasteiger charge is 2.40. The van der Waals surface area contributed by atoms with Gasteiger partial charge in [0.15, 0.2) is 0 Å². The van der Waals surface area contributed by atoms with E-state index in [9.17, 15) is 4.79 Å². The van der Waals surface area contributed by atoms with Crippen molar-refractivity contribution in [2.75, 3.05) is 25.4 Å². The van der Waals surface area contributed by atoms with E-state index in [2.05, 4.69) is 55.5 Å². The molecule has 0 unspecified atom stereocenters. The SMILES string of the molecule is CC(C)[C@@H](NCC1=CSCC1)C(=O)N1CC[C@H](c2ccc(Cl)cc2)C(C)(C)C1. The third-order valence-corrected chi connectivity index (χ3v) is 7.28. The maximum Gasteiger partial charge on any atom is 0.239 e. The number of hydrogen-bond donors (Lipinski definition) is 1. The molecule has 1 saturated heterocycles. The number of nitrogens with zero attached hydrogens (tertiary/aromatic N) is 1. The molecule has 3 nitrogen and oxygen atoms in total. The molecule has 2 atom stereocenters. The molecule has 2 aliphatic rings. The van der Waals surface area contributed by atoms with Gasteiger partial charge in [0.1, 0.15) is 0 Å². The smallest absolute Gasteiger partial charge is 0.239 e. The van der Waals surface area contributed by atoms with Gasteiger partial charge >= 0.3 is 0 Å². The number of rotatable bonds is 6. The van der Waals surface area contributed by atoms with Crippen LogP contribution in [0.4, 0.5) is 0 Å². The monoisotopic (exact) mass is 420 g/mol. The number of hydrogen-bond acceptors (Lipinski definition) is 3. The molecule has 0 aromatic heterocycles. The van der Waals surface area contributed by atoms with Crippen molar-refractivity contribution < 1.29 is 4.79 Å². The predicted molar refractivity (Wildman–Crippen MR) is 121 cm³/mol. The van der Waals surface area contributed by atoms with E-state index in [1.54, 1.807) is 0 Å². The number of carbonyl (C=O) groups is 1. The Balaban J connectivity index is 1.66. The van der Waals surface area contributed by atoms with Gasteiger partial charge in [-0.25, -0.2) is 0 Å². The first-order valence-electron chi connectivity index (χ1n) is 10.3. The van der Waals surface area contributed by atoms with E-state index in [1.807, 2.05) is 23.9 Å². The zero-order valence-electron chi connectivity index (χ0n) is 17.5. The van der Waals surface area contributed by atoms with Crippen molar-refractivity contribution in [3.63, 3.8) is 0 Å². The molecule has 1 fully saturated rings. The molecular weight excluding hydrogens is 388 g/mol. The van der Waals surface area contributed by atoms with Gasteiger partial charge in [-0.2, -0.15) is 0 Å². The fourth-order valence-electron chi connectivity index (χ4n) is 4.46. The van der Waals surface area contributed by atoms with Gasteiger partial charge in [0, 0.05) is 30.4 Å². The highest BCUT2D eigenvalue weighted by molar-refractivity contribution is 8.02. The fraction of sp³-hybridized carbons (Fsp3) is 0.609. The molecule has 0 spiro atoms. The lowest BCUT2D eigenvalue weighted by Gasteiger charge is -2.46. The minimum Gasteiger partial charge on any atom is -0.341 e. The number of halogens is 1. The molecule has 0 bridgehead atoms. The number of carbonyl (C=O) groups excluding carboxylic acids is 1. The van der Waals surface area contributed by atoms with Gasteiger partial charge in [0.25, 0.3) is 0 Å². The minimum atomic E-state index is -0.116. The van der Waals surface area contributed by atoms with Gasteiger partial charge in [-0.1, -0.05) is 51.4 Å². The normalized spacial score (nSPS) is 23.0. The lowest BCUT2D eigenvalue weighted by atomic mass is 9.70. The zero-order valence-corrected chi connectivity index (χ0v) is 19.1. The van der Waals surface area contributed by atoms with Gasteiger partial charge in [0.05, 0.1) is 6.04 Å². The summed E-state index contributed by atoms with van der Waals surface area (Å²) >= 11 is 7.93. The molecule has 0 aliphatic carbocycles. The van der Waals surface area contributed by atoms with Crippen molar-refractivity contribution in [3.05, 3.63) is 45.8 Å². The molecule has 0 saturated carbocycles. The van der Waals surface area contributed by atoms with Crippen molar-refractivity contribution in [2.24, 2.45) is 11.3 Å². The van der Waals surface area contributed by atoms with Crippen LogP contribution in [0.5, 0.6) is 0 Å². The second kappa shape index (κ2) is 9.23. The average molecular weight is 421 g/mol. The summed E-state index contributed by atoms with van der Waals surface area (Å²) in [6.07, 6.45) is 2.13. The second-order valence-corrected chi connectivity index (χ2v) is 10.6. The van der Waals surface area contributed by atoms with Gasteiger partial charge in [-0.05, 0) is 58.8 Å². The Hall–Kier alpha value is -0.970. The average Bonchev–Trinajstić information content (AvgIpc) is 3.15. The Kier molecular flexibility index (Phi) is 7.17. The molecule has 1 aromatic rings. The van der Waals surface area contributed by atoms with Gasteiger partial charge in [0.2, 0.25) is 5.91 Å². The topological polar surface area (TPSA) is 32.3 Å². The molecular formula is C23H33ClN2OS. The molecule has 5 heteroatoms. The minimum absolute atomic E-state index is 0.0356. The van der Waals surface area contributed by atoms with Crippen molar-refractivity contribution in [3.8, 4) is 0 Å². The van der Waals surface area contributed by atoms with Crippen LogP contribution in [0.2, 0.25) is 5.02 Å². The summed E-state index contributed by atoms with van der Waals surface area (Å²) in [6.45, 7) is 11.3. The van der Waals surface area contributed by atoms with Crippen LogP contribution in [0.3, 0.4) is 0 Å². The van der Waals surface area contributed by atoms with E-state index in [4.69, 9.17) is 11.6 Å². The summed E-state index contributed by atoms with van der Waals surface area (Å²) < 4.78 is 0. The van der Waals surface area contributed by atoms with Crippen LogP contribution in [0, 0.1) is 11.3 Å². The first-order chi connectivity index (χ1) is 13.3. The van der Waals surface area contributed by atoms with Crippen LogP contribution >= 0.6 is 23.4 Å². The maximum absolute atomic E-state index is 13.3. The number of likely N-dealkylation sites (tertiary alicyclic amines) is 1.